The predicted molar refractivity (Wildman–Crippen MR) is 114 cm³/mol. The average molecular weight is 406 g/mol. The Balaban J connectivity index is 1.68. The molecule has 0 radical (unpaired) electrons. The molecule has 3 aromatic rings. The Morgan fingerprint density at radius 1 is 1.07 bits per heavy atom. The van der Waals surface area contributed by atoms with Crippen LogP contribution in [0.15, 0.2) is 66.1 Å². The zero-order chi connectivity index (χ0) is 20.8. The van der Waals surface area contributed by atoms with Gasteiger partial charge in [0.15, 0.2) is 5.13 Å². The van der Waals surface area contributed by atoms with Crippen molar-refractivity contribution in [2.75, 3.05) is 10.2 Å². The quantitative estimate of drug-likeness (QED) is 0.610. The number of carbonyl (C=O) groups excluding carboxylic acids is 3. The van der Waals surface area contributed by atoms with Crippen molar-refractivity contribution >= 4 is 51.6 Å². The van der Waals surface area contributed by atoms with Gasteiger partial charge in [-0.2, -0.15) is 0 Å². The van der Waals surface area contributed by atoms with Crippen molar-refractivity contribution in [1.29, 1.82) is 0 Å². The highest BCUT2D eigenvalue weighted by Crippen LogP contribution is 2.29. The van der Waals surface area contributed by atoms with E-state index in [1.807, 2.05) is 30.3 Å². The molecule has 0 fully saturated rings. The first-order valence-corrected chi connectivity index (χ1v) is 9.52. The molecule has 0 aliphatic rings. The Labute approximate surface area is 171 Å². The summed E-state index contributed by atoms with van der Waals surface area (Å²) in [5.74, 6) is -1.03. The maximum atomic E-state index is 12.1. The van der Waals surface area contributed by atoms with Crippen molar-refractivity contribution in [3.05, 3.63) is 77.3 Å². The topological polar surface area (TPSA) is 105 Å². The van der Waals surface area contributed by atoms with Crippen molar-refractivity contribution in [2.45, 2.75) is 6.92 Å². The van der Waals surface area contributed by atoms with Crippen LogP contribution in [0, 0.1) is 0 Å². The minimum atomic E-state index is -0.530. The highest BCUT2D eigenvalue weighted by molar-refractivity contribution is 7.14. The standard InChI is InChI=1S/C21H18N4O3S/c1-14(26)25(18-5-3-2-4-6-18)21-24-17(13-29-21)11-12-19(27)23-16-9-7-15(8-10-16)20(22)28/h2-13H,1H3,(H2,22,28)(H,23,27). The minimum Gasteiger partial charge on any atom is -0.366 e. The van der Waals surface area contributed by atoms with E-state index in [1.54, 1.807) is 23.6 Å². The number of nitrogens with two attached hydrogens (primary N) is 1. The van der Waals surface area contributed by atoms with E-state index in [1.165, 1.54) is 41.4 Å². The van der Waals surface area contributed by atoms with Gasteiger partial charge in [0.25, 0.3) is 0 Å². The maximum Gasteiger partial charge on any atom is 0.248 e. The molecule has 0 atom stereocenters. The lowest BCUT2D eigenvalue weighted by atomic mass is 10.2. The monoisotopic (exact) mass is 406 g/mol. The van der Waals surface area contributed by atoms with Crippen molar-refractivity contribution < 1.29 is 14.4 Å². The summed E-state index contributed by atoms with van der Waals surface area (Å²) in [6.07, 6.45) is 2.91. The van der Waals surface area contributed by atoms with Gasteiger partial charge in [-0.1, -0.05) is 18.2 Å². The lowest BCUT2D eigenvalue weighted by Gasteiger charge is -2.17. The number of amides is 3. The van der Waals surface area contributed by atoms with E-state index in [2.05, 4.69) is 10.3 Å². The number of primary amides is 1. The number of hydrogen-bond acceptors (Lipinski definition) is 5. The number of carbonyl (C=O) groups is 3. The number of para-hydroxylation sites is 1. The fourth-order valence-electron chi connectivity index (χ4n) is 2.52. The molecule has 1 aromatic heterocycles. The van der Waals surface area contributed by atoms with Crippen molar-refractivity contribution in [3.8, 4) is 0 Å². The molecule has 0 bridgehead atoms. The number of nitrogens with zero attached hydrogens (tertiary/aromatic N) is 2. The summed E-state index contributed by atoms with van der Waals surface area (Å²) in [6, 6.07) is 15.5. The number of nitrogens with one attached hydrogen (secondary N) is 1. The van der Waals surface area contributed by atoms with Gasteiger partial charge in [-0.15, -0.1) is 11.3 Å². The number of hydrogen-bond donors (Lipinski definition) is 2. The first kappa shape index (κ1) is 20.0. The molecule has 7 nitrogen and oxygen atoms in total. The fourth-order valence-corrected chi connectivity index (χ4v) is 3.38. The SMILES string of the molecule is CC(=O)N(c1ccccc1)c1nc(C=CC(=O)Nc2ccc(C(N)=O)cc2)cs1. The fraction of sp³-hybridized carbons (Fsp3) is 0.0476. The second kappa shape index (κ2) is 8.94. The largest absolute Gasteiger partial charge is 0.366 e. The summed E-state index contributed by atoms with van der Waals surface area (Å²) in [6.45, 7) is 1.47. The summed E-state index contributed by atoms with van der Waals surface area (Å²) in [7, 11) is 0. The molecule has 0 spiro atoms. The molecule has 0 saturated heterocycles. The maximum absolute atomic E-state index is 12.1. The van der Waals surface area contributed by atoms with Crippen molar-refractivity contribution in [1.82, 2.24) is 4.98 Å². The number of benzene rings is 2. The molecule has 146 valence electrons. The molecule has 0 aliphatic carbocycles. The van der Waals surface area contributed by atoms with Gasteiger partial charge in [-0.3, -0.25) is 19.3 Å². The third-order valence-electron chi connectivity index (χ3n) is 3.87. The summed E-state index contributed by atoms with van der Waals surface area (Å²) in [4.78, 5) is 41.2. The molecular weight excluding hydrogens is 388 g/mol. The zero-order valence-corrected chi connectivity index (χ0v) is 16.3. The molecule has 8 heteroatoms. The van der Waals surface area contributed by atoms with Crippen LogP contribution in [0.2, 0.25) is 0 Å². The van der Waals surface area contributed by atoms with E-state index in [4.69, 9.17) is 5.73 Å². The molecule has 0 saturated carbocycles. The van der Waals surface area contributed by atoms with Gasteiger partial charge in [0.2, 0.25) is 17.7 Å². The molecular formula is C21H18N4O3S. The Hall–Kier alpha value is -3.78. The van der Waals surface area contributed by atoms with Crippen LogP contribution in [0.5, 0.6) is 0 Å². The first-order valence-electron chi connectivity index (χ1n) is 8.64. The molecule has 29 heavy (non-hydrogen) atoms. The van der Waals surface area contributed by atoms with Gasteiger partial charge < -0.3 is 11.1 Å². The lowest BCUT2D eigenvalue weighted by Crippen LogP contribution is -2.22. The third kappa shape index (κ3) is 5.14. The van der Waals surface area contributed by atoms with Crippen LogP contribution in [0.3, 0.4) is 0 Å². The third-order valence-corrected chi connectivity index (χ3v) is 4.72. The van der Waals surface area contributed by atoms with Crippen LogP contribution < -0.4 is 16.0 Å². The normalized spacial score (nSPS) is 10.7. The number of rotatable bonds is 6. The predicted octanol–water partition coefficient (Wildman–Crippen LogP) is 3.58. The lowest BCUT2D eigenvalue weighted by molar-refractivity contribution is -0.116. The van der Waals surface area contributed by atoms with Gasteiger partial charge in [0, 0.05) is 29.6 Å². The molecule has 0 aliphatic heterocycles. The van der Waals surface area contributed by atoms with Crippen molar-refractivity contribution in [2.24, 2.45) is 5.73 Å². The summed E-state index contributed by atoms with van der Waals surface area (Å²) < 4.78 is 0. The van der Waals surface area contributed by atoms with Crippen molar-refractivity contribution in [3.63, 3.8) is 0 Å². The van der Waals surface area contributed by atoms with Gasteiger partial charge in [-0.25, -0.2) is 4.98 Å². The van der Waals surface area contributed by atoms with Crippen LogP contribution in [0.4, 0.5) is 16.5 Å². The zero-order valence-electron chi connectivity index (χ0n) is 15.5. The number of anilines is 3. The van der Waals surface area contributed by atoms with Crippen LogP contribution in [0.25, 0.3) is 6.08 Å². The number of aromatic nitrogens is 1. The summed E-state index contributed by atoms with van der Waals surface area (Å²) in [5, 5.41) is 4.97. The van der Waals surface area contributed by atoms with Crippen LogP contribution in [0.1, 0.15) is 23.0 Å². The van der Waals surface area contributed by atoms with E-state index in [0.717, 1.165) is 5.69 Å². The van der Waals surface area contributed by atoms with Gasteiger partial charge in [-0.05, 0) is 42.5 Å². The Kier molecular flexibility index (Phi) is 6.16. The molecule has 2 aromatic carbocycles. The van der Waals surface area contributed by atoms with E-state index < -0.39 is 5.91 Å². The minimum absolute atomic E-state index is 0.154. The smallest absolute Gasteiger partial charge is 0.248 e. The highest BCUT2D eigenvalue weighted by atomic mass is 32.1. The van der Waals surface area contributed by atoms with E-state index >= 15 is 0 Å². The molecule has 3 rings (SSSR count). The molecule has 3 amide bonds. The average Bonchev–Trinajstić information content (AvgIpc) is 3.16. The van der Waals surface area contributed by atoms with Gasteiger partial charge >= 0.3 is 0 Å². The first-order chi connectivity index (χ1) is 13.9. The second-order valence-corrected chi connectivity index (χ2v) is 6.85. The van der Waals surface area contributed by atoms with E-state index in [0.29, 0.717) is 22.1 Å². The molecule has 1 heterocycles. The Bertz CT molecular complexity index is 1060. The van der Waals surface area contributed by atoms with E-state index in [-0.39, 0.29) is 11.8 Å². The van der Waals surface area contributed by atoms with Gasteiger partial charge in [0.1, 0.15) is 0 Å². The Morgan fingerprint density at radius 2 is 1.76 bits per heavy atom. The van der Waals surface area contributed by atoms with Crippen LogP contribution >= 0.6 is 11.3 Å². The van der Waals surface area contributed by atoms with E-state index in [9.17, 15) is 14.4 Å². The second-order valence-electron chi connectivity index (χ2n) is 6.01. The molecule has 3 N–H and O–H groups in total. The van der Waals surface area contributed by atoms with Crippen LogP contribution in [-0.4, -0.2) is 22.7 Å². The van der Waals surface area contributed by atoms with Crippen LogP contribution in [-0.2, 0) is 9.59 Å². The summed E-state index contributed by atoms with van der Waals surface area (Å²) >= 11 is 1.31. The summed E-state index contributed by atoms with van der Waals surface area (Å²) in [5.41, 5.74) is 7.37. The Morgan fingerprint density at radius 3 is 2.38 bits per heavy atom. The number of thiazole rings is 1. The molecule has 0 unspecified atom stereocenters. The van der Waals surface area contributed by atoms with Gasteiger partial charge in [0.05, 0.1) is 11.4 Å². The highest BCUT2D eigenvalue weighted by Gasteiger charge is 2.17.